The first-order chi connectivity index (χ1) is 13.4. The van der Waals surface area contributed by atoms with Crippen LogP contribution in [0.3, 0.4) is 0 Å². The monoisotopic (exact) mass is 409 g/mol. The molecule has 2 fully saturated rings. The molecule has 3 heterocycles. The minimum atomic E-state index is -1.50. The number of nitrogens with zero attached hydrogens (tertiary/aromatic N) is 2. The van der Waals surface area contributed by atoms with Gasteiger partial charge in [-0.1, -0.05) is 0 Å². The van der Waals surface area contributed by atoms with Crippen molar-refractivity contribution in [2.24, 2.45) is 0 Å². The van der Waals surface area contributed by atoms with Crippen LogP contribution in [0.25, 0.3) is 0 Å². The molecule has 11 heteroatoms. The first-order valence-corrected chi connectivity index (χ1v) is 9.27. The molecule has 1 aromatic heterocycles. The van der Waals surface area contributed by atoms with E-state index >= 15 is 0 Å². The fourth-order valence-electron chi connectivity index (χ4n) is 3.20. The highest BCUT2D eigenvalue weighted by Crippen LogP contribution is 2.36. The summed E-state index contributed by atoms with van der Waals surface area (Å²) in [4.78, 5) is 28.9. The maximum Gasteiger partial charge on any atom is 0.496 e. The predicted octanol–water partition coefficient (Wildman–Crippen LogP) is 0.819. The lowest BCUT2D eigenvalue weighted by atomic mass is 9.79. The van der Waals surface area contributed by atoms with E-state index in [1.807, 2.05) is 27.7 Å². The van der Waals surface area contributed by atoms with E-state index in [0.717, 1.165) is 4.90 Å². The normalized spacial score (nSPS) is 25.2. The Hall–Kier alpha value is -2.40. The van der Waals surface area contributed by atoms with E-state index in [1.54, 1.807) is 0 Å². The van der Waals surface area contributed by atoms with Gasteiger partial charge in [-0.3, -0.25) is 4.79 Å². The predicted molar refractivity (Wildman–Crippen MR) is 102 cm³/mol. The third kappa shape index (κ3) is 4.02. The molecule has 2 aliphatic rings. The molecule has 3 rings (SSSR count). The number of likely N-dealkylation sites (tertiary alicyclic amines) is 1. The maximum absolute atomic E-state index is 14.1. The molecule has 0 radical (unpaired) electrons. The van der Waals surface area contributed by atoms with Gasteiger partial charge in [0, 0.05) is 18.2 Å². The van der Waals surface area contributed by atoms with Gasteiger partial charge in [0.25, 0.3) is 5.91 Å². The number of nitrogens with one attached hydrogen (secondary N) is 1. The van der Waals surface area contributed by atoms with E-state index in [1.165, 1.54) is 19.4 Å². The van der Waals surface area contributed by atoms with Gasteiger partial charge in [-0.15, -0.1) is 0 Å². The number of hydrogen-bond donors (Lipinski definition) is 2. The second-order valence-corrected chi connectivity index (χ2v) is 8.20. The van der Waals surface area contributed by atoms with Gasteiger partial charge in [-0.2, -0.15) is 0 Å². The van der Waals surface area contributed by atoms with Crippen LogP contribution in [0.4, 0.5) is 9.18 Å². The molecular formula is C18H25BFN3O6. The molecule has 29 heavy (non-hydrogen) atoms. The molecule has 2 N–H and O–H groups in total. The molecule has 1 aromatic rings. The van der Waals surface area contributed by atoms with Crippen LogP contribution < -0.4 is 15.5 Å². The lowest BCUT2D eigenvalue weighted by molar-refractivity contribution is 0.00578. The van der Waals surface area contributed by atoms with Crippen molar-refractivity contribution in [1.82, 2.24) is 15.2 Å². The first kappa shape index (κ1) is 21.3. The number of amides is 2. The van der Waals surface area contributed by atoms with Gasteiger partial charge in [0.15, 0.2) is 0 Å². The average Bonchev–Trinajstić information content (AvgIpc) is 3.10. The lowest BCUT2D eigenvalue weighted by Gasteiger charge is -2.32. The molecule has 0 aliphatic carbocycles. The molecule has 158 valence electrons. The molecule has 0 spiro atoms. The molecule has 0 saturated carbocycles. The van der Waals surface area contributed by atoms with Crippen molar-refractivity contribution < 1.29 is 33.1 Å². The largest absolute Gasteiger partial charge is 0.496 e. The Morgan fingerprint density at radius 2 is 1.93 bits per heavy atom. The van der Waals surface area contributed by atoms with Crippen molar-refractivity contribution >= 4 is 24.6 Å². The van der Waals surface area contributed by atoms with Gasteiger partial charge in [-0.25, -0.2) is 14.2 Å². The van der Waals surface area contributed by atoms with E-state index < -0.39 is 42.5 Å². The highest BCUT2D eigenvalue weighted by atomic mass is 19.1. The molecular weight excluding hydrogens is 384 g/mol. The standard InChI is InChI=1S/C18H25BFN3O6/c1-17(2)18(3,4)29-19(28-17)10-6-11(15(27-5)21-7-10)14(24)22-13-9-23(16(25)26)8-12(13)20/h6-7,12-13H,8-9H2,1-5H3,(H,22,24)(H,25,26)/t12-,13+/m0/s1. The summed E-state index contributed by atoms with van der Waals surface area (Å²) in [5.41, 5.74) is -0.525. The van der Waals surface area contributed by atoms with Crippen LogP contribution in [-0.2, 0) is 9.31 Å². The van der Waals surface area contributed by atoms with Crippen LogP contribution in [0.5, 0.6) is 5.88 Å². The van der Waals surface area contributed by atoms with Crippen molar-refractivity contribution in [3.8, 4) is 5.88 Å². The topological polar surface area (TPSA) is 110 Å². The lowest BCUT2D eigenvalue weighted by Crippen LogP contribution is -2.42. The highest BCUT2D eigenvalue weighted by molar-refractivity contribution is 6.62. The van der Waals surface area contributed by atoms with E-state index in [-0.39, 0.29) is 24.5 Å². The second kappa shape index (κ2) is 7.45. The summed E-state index contributed by atoms with van der Waals surface area (Å²) < 4.78 is 31.3. The quantitative estimate of drug-likeness (QED) is 0.709. The van der Waals surface area contributed by atoms with Crippen molar-refractivity contribution in [2.45, 2.75) is 51.1 Å². The molecule has 0 unspecified atom stereocenters. The summed E-state index contributed by atoms with van der Waals surface area (Å²) in [5, 5.41) is 11.5. The summed E-state index contributed by atoms with van der Waals surface area (Å²) in [6, 6.07) is 0.573. The fraction of sp³-hybridized carbons (Fsp3) is 0.611. The van der Waals surface area contributed by atoms with Crippen LogP contribution in [0.1, 0.15) is 38.1 Å². The third-order valence-corrected chi connectivity index (χ3v) is 5.67. The van der Waals surface area contributed by atoms with Gasteiger partial charge in [0.2, 0.25) is 5.88 Å². The minimum absolute atomic E-state index is 0.0614. The van der Waals surface area contributed by atoms with Gasteiger partial charge in [0.1, 0.15) is 11.7 Å². The fourth-order valence-corrected chi connectivity index (χ4v) is 3.20. The zero-order valence-electron chi connectivity index (χ0n) is 17.1. The average molecular weight is 409 g/mol. The third-order valence-electron chi connectivity index (χ3n) is 5.67. The highest BCUT2D eigenvalue weighted by Gasteiger charge is 2.52. The number of aromatic nitrogens is 1. The smallest absolute Gasteiger partial charge is 0.480 e. The Morgan fingerprint density at radius 1 is 1.31 bits per heavy atom. The Morgan fingerprint density at radius 3 is 2.45 bits per heavy atom. The molecule has 0 aromatic carbocycles. The number of halogens is 1. The molecule has 2 amide bonds. The van der Waals surface area contributed by atoms with E-state index in [9.17, 15) is 14.0 Å². The summed E-state index contributed by atoms with van der Waals surface area (Å²) in [5.74, 6) is -0.557. The molecule has 9 nitrogen and oxygen atoms in total. The summed E-state index contributed by atoms with van der Waals surface area (Å²) >= 11 is 0. The van der Waals surface area contributed by atoms with Gasteiger partial charge in [0.05, 0.1) is 30.9 Å². The number of hydrogen-bond acceptors (Lipinski definition) is 6. The van der Waals surface area contributed by atoms with Crippen molar-refractivity contribution in [3.05, 3.63) is 17.8 Å². The number of carbonyl (C=O) groups is 2. The molecule has 2 aliphatic heterocycles. The van der Waals surface area contributed by atoms with Crippen LogP contribution in [-0.4, -0.2) is 77.7 Å². The Labute approximate surface area is 168 Å². The van der Waals surface area contributed by atoms with Crippen molar-refractivity contribution in [1.29, 1.82) is 0 Å². The summed E-state index contributed by atoms with van der Waals surface area (Å²) in [6.45, 7) is 7.22. The van der Waals surface area contributed by atoms with E-state index in [2.05, 4.69) is 10.3 Å². The number of methoxy groups -OCH3 is 1. The summed E-state index contributed by atoms with van der Waals surface area (Å²) in [7, 11) is 0.639. The molecule has 2 saturated heterocycles. The maximum atomic E-state index is 14.1. The second-order valence-electron chi connectivity index (χ2n) is 8.20. The Balaban J connectivity index is 1.81. The SMILES string of the molecule is COc1ncc(B2OC(C)(C)C(C)(C)O2)cc1C(=O)N[C@@H]1CN(C(=O)O)C[C@@H]1F. The Bertz CT molecular complexity index is 805. The number of ether oxygens (including phenoxy) is 1. The summed E-state index contributed by atoms with van der Waals surface area (Å²) in [6.07, 6.45) is -1.23. The number of alkyl halides is 1. The van der Waals surface area contributed by atoms with E-state index in [4.69, 9.17) is 19.2 Å². The van der Waals surface area contributed by atoms with Gasteiger partial charge < -0.3 is 29.4 Å². The number of carboxylic acid groups (broad SMARTS) is 1. The molecule has 2 atom stereocenters. The van der Waals surface area contributed by atoms with Crippen LogP contribution in [0, 0.1) is 0 Å². The Kier molecular flexibility index (Phi) is 5.48. The van der Waals surface area contributed by atoms with Crippen molar-refractivity contribution in [2.75, 3.05) is 20.2 Å². The molecule has 0 bridgehead atoms. The minimum Gasteiger partial charge on any atom is -0.480 e. The van der Waals surface area contributed by atoms with Crippen molar-refractivity contribution in [3.63, 3.8) is 0 Å². The van der Waals surface area contributed by atoms with Gasteiger partial charge in [-0.05, 0) is 33.8 Å². The van der Waals surface area contributed by atoms with Crippen LogP contribution in [0.15, 0.2) is 12.3 Å². The van der Waals surface area contributed by atoms with E-state index in [0.29, 0.717) is 5.46 Å². The number of rotatable bonds is 4. The number of carbonyl (C=O) groups excluding carboxylic acids is 1. The number of pyridine rings is 1. The zero-order chi connectivity index (χ0) is 21.6. The first-order valence-electron chi connectivity index (χ1n) is 9.27. The van der Waals surface area contributed by atoms with Crippen LogP contribution in [0.2, 0.25) is 0 Å². The van der Waals surface area contributed by atoms with Gasteiger partial charge >= 0.3 is 13.2 Å². The van der Waals surface area contributed by atoms with Crippen LogP contribution >= 0.6 is 0 Å². The zero-order valence-corrected chi connectivity index (χ0v) is 17.1.